The third-order valence-corrected chi connectivity index (χ3v) is 6.32. The Hall–Kier alpha value is -3.12. The average Bonchev–Trinajstić information content (AvgIpc) is 3.39. The van der Waals surface area contributed by atoms with Crippen LogP contribution in [0.5, 0.6) is 6.01 Å². The summed E-state index contributed by atoms with van der Waals surface area (Å²) in [6.07, 6.45) is 7.73. The van der Waals surface area contributed by atoms with Crippen LogP contribution in [0.25, 0.3) is 0 Å². The van der Waals surface area contributed by atoms with E-state index in [1.165, 1.54) is 12.1 Å². The molecule has 0 bridgehead atoms. The predicted molar refractivity (Wildman–Crippen MR) is 115 cm³/mol. The number of nitrogens with one attached hydrogen (secondary N) is 1. The van der Waals surface area contributed by atoms with E-state index in [1.54, 1.807) is 18.7 Å². The largest absolute Gasteiger partial charge is 0.460 e. The van der Waals surface area contributed by atoms with Crippen molar-refractivity contribution in [1.29, 1.82) is 0 Å². The Bertz CT molecular complexity index is 1200. The minimum absolute atomic E-state index is 0.0333. The van der Waals surface area contributed by atoms with Gasteiger partial charge in [-0.2, -0.15) is 0 Å². The molecule has 0 unspecified atom stereocenters. The van der Waals surface area contributed by atoms with Crippen molar-refractivity contribution in [2.24, 2.45) is 5.14 Å². The molecule has 0 radical (unpaired) electrons. The maximum Gasteiger partial charge on any atom is 0.317 e. The van der Waals surface area contributed by atoms with Crippen LogP contribution in [-0.2, 0) is 10.0 Å². The highest BCUT2D eigenvalue weighted by Gasteiger charge is 2.29. The molecule has 2 aromatic heterocycles. The molecule has 12 heteroatoms. The van der Waals surface area contributed by atoms with Crippen molar-refractivity contribution in [2.75, 3.05) is 5.32 Å². The van der Waals surface area contributed by atoms with Crippen LogP contribution in [0.1, 0.15) is 50.6 Å². The van der Waals surface area contributed by atoms with Crippen LogP contribution in [0.2, 0.25) is 0 Å². The quantitative estimate of drug-likeness (QED) is 0.548. The van der Waals surface area contributed by atoms with Crippen LogP contribution in [0.3, 0.4) is 0 Å². The number of primary sulfonamides is 1. The van der Waals surface area contributed by atoms with E-state index in [1.807, 2.05) is 18.4 Å². The summed E-state index contributed by atoms with van der Waals surface area (Å²) in [4.78, 5) is 8.24. The van der Waals surface area contributed by atoms with Crippen LogP contribution >= 0.6 is 0 Å². The number of sulfonamides is 1. The molecule has 10 nitrogen and oxygen atoms in total. The van der Waals surface area contributed by atoms with Crippen molar-refractivity contribution in [1.82, 2.24) is 24.7 Å². The predicted octanol–water partition coefficient (Wildman–Crippen LogP) is 2.89. The Morgan fingerprint density at radius 2 is 2.00 bits per heavy atom. The Morgan fingerprint density at radius 1 is 1.25 bits per heavy atom. The average molecular weight is 462 g/mol. The lowest BCUT2D eigenvalue weighted by Gasteiger charge is -2.16. The molecule has 2 atom stereocenters. The van der Waals surface area contributed by atoms with E-state index >= 15 is 0 Å². The first-order chi connectivity index (χ1) is 15.2. The molecule has 0 spiro atoms. The molecular formula is C20H24FN7O3S. The number of hydrogen-bond donors (Lipinski definition) is 2. The van der Waals surface area contributed by atoms with Crippen molar-refractivity contribution in [3.63, 3.8) is 0 Å². The lowest BCUT2D eigenvalue weighted by molar-refractivity contribution is 0.178. The van der Waals surface area contributed by atoms with Crippen LogP contribution in [0.4, 0.5) is 16.0 Å². The number of ether oxygens (including phenoxy) is 1. The first-order valence-electron chi connectivity index (χ1n) is 10.2. The maximum atomic E-state index is 14.2. The molecule has 1 aliphatic carbocycles. The van der Waals surface area contributed by atoms with E-state index in [0.717, 1.165) is 30.9 Å². The van der Waals surface area contributed by atoms with Gasteiger partial charge < -0.3 is 10.1 Å². The molecule has 3 N–H and O–H groups in total. The summed E-state index contributed by atoms with van der Waals surface area (Å²) in [5, 5.41) is 15.8. The van der Waals surface area contributed by atoms with Gasteiger partial charge >= 0.3 is 6.01 Å². The van der Waals surface area contributed by atoms with E-state index in [9.17, 15) is 12.8 Å². The Labute approximate surface area is 185 Å². The number of rotatable bonds is 7. The maximum absolute atomic E-state index is 14.2. The number of anilines is 2. The van der Waals surface area contributed by atoms with E-state index in [4.69, 9.17) is 9.88 Å². The van der Waals surface area contributed by atoms with Gasteiger partial charge in [-0.05, 0) is 62.8 Å². The van der Waals surface area contributed by atoms with Crippen LogP contribution < -0.4 is 15.2 Å². The number of hydrogen-bond acceptors (Lipinski definition) is 8. The number of aromatic nitrogens is 5. The number of nitrogens with zero attached hydrogens (tertiary/aromatic N) is 5. The van der Waals surface area contributed by atoms with E-state index in [2.05, 4.69) is 25.5 Å². The summed E-state index contributed by atoms with van der Waals surface area (Å²) >= 11 is 0. The topological polar surface area (TPSA) is 138 Å². The first-order valence-corrected chi connectivity index (χ1v) is 11.7. The monoisotopic (exact) mass is 461 g/mol. The summed E-state index contributed by atoms with van der Waals surface area (Å²) in [5.74, 6) is -0.323. The second kappa shape index (κ2) is 8.79. The summed E-state index contributed by atoms with van der Waals surface area (Å²) in [6.45, 7) is 4.09. The van der Waals surface area contributed by atoms with Crippen LogP contribution in [0.15, 0.2) is 41.8 Å². The zero-order valence-corrected chi connectivity index (χ0v) is 18.5. The first kappa shape index (κ1) is 22.1. The van der Waals surface area contributed by atoms with Gasteiger partial charge in [-0.3, -0.25) is 4.57 Å². The van der Waals surface area contributed by atoms with Crippen molar-refractivity contribution in [3.05, 3.63) is 48.3 Å². The standard InChI is InChI=1S/C20H24FN7O3S/c1-12(2)28-11-25-27-20(28)31-15-4-3-13(7-15)14-9-23-19(24-10-14)26-18-6-5-16(8-17(18)21)32(22,29)30/h5-6,8-13,15H,3-4,7H2,1-2H3,(H2,22,29,30)(H,23,24,26)/t13-,15+/m1/s1. The lowest BCUT2D eigenvalue weighted by atomic mass is 10.0. The number of benzene rings is 1. The molecule has 32 heavy (non-hydrogen) atoms. The molecule has 3 aromatic rings. The Morgan fingerprint density at radius 3 is 2.66 bits per heavy atom. The minimum atomic E-state index is -3.98. The van der Waals surface area contributed by atoms with Crippen LogP contribution in [-0.4, -0.2) is 39.3 Å². The van der Waals surface area contributed by atoms with Crippen molar-refractivity contribution in [2.45, 2.75) is 56.1 Å². The van der Waals surface area contributed by atoms with Gasteiger partial charge in [-0.25, -0.2) is 27.9 Å². The summed E-state index contributed by atoms with van der Waals surface area (Å²) < 4.78 is 44.8. The minimum Gasteiger partial charge on any atom is -0.460 e. The Balaban J connectivity index is 1.38. The third-order valence-electron chi connectivity index (χ3n) is 5.41. The zero-order chi connectivity index (χ0) is 22.9. The normalized spacial score (nSPS) is 18.8. The van der Waals surface area contributed by atoms with Gasteiger partial charge in [0.2, 0.25) is 16.0 Å². The molecule has 170 valence electrons. The molecule has 1 aliphatic rings. The molecule has 2 heterocycles. The van der Waals surface area contributed by atoms with E-state index in [0.29, 0.717) is 6.01 Å². The van der Waals surface area contributed by atoms with Gasteiger partial charge in [-0.1, -0.05) is 5.10 Å². The third kappa shape index (κ3) is 4.86. The van der Waals surface area contributed by atoms with Gasteiger partial charge in [0.25, 0.3) is 0 Å². The molecule has 1 aromatic carbocycles. The summed E-state index contributed by atoms with van der Waals surface area (Å²) in [6, 6.07) is 4.09. The van der Waals surface area contributed by atoms with Gasteiger partial charge in [0.15, 0.2) is 0 Å². The second-order valence-corrected chi connectivity index (χ2v) is 9.58. The van der Waals surface area contributed by atoms with Crippen molar-refractivity contribution in [3.8, 4) is 6.01 Å². The van der Waals surface area contributed by atoms with E-state index in [-0.39, 0.29) is 34.6 Å². The second-order valence-electron chi connectivity index (χ2n) is 8.02. The lowest BCUT2D eigenvalue weighted by Crippen LogP contribution is -2.16. The van der Waals surface area contributed by atoms with Crippen LogP contribution in [0, 0.1) is 5.82 Å². The fourth-order valence-electron chi connectivity index (χ4n) is 3.68. The van der Waals surface area contributed by atoms with E-state index < -0.39 is 15.8 Å². The molecule has 0 aliphatic heterocycles. The highest BCUT2D eigenvalue weighted by atomic mass is 32.2. The van der Waals surface area contributed by atoms with Crippen molar-refractivity contribution < 1.29 is 17.5 Å². The number of nitrogens with two attached hydrogens (primary N) is 1. The summed E-state index contributed by atoms with van der Waals surface area (Å²) in [7, 11) is -3.98. The molecule has 1 fully saturated rings. The molecule has 0 saturated heterocycles. The molecular weight excluding hydrogens is 437 g/mol. The van der Waals surface area contributed by atoms with Crippen molar-refractivity contribution >= 4 is 21.7 Å². The smallest absolute Gasteiger partial charge is 0.317 e. The van der Waals surface area contributed by atoms with Gasteiger partial charge in [0.1, 0.15) is 18.2 Å². The molecule has 0 amide bonds. The number of halogens is 1. The summed E-state index contributed by atoms with van der Waals surface area (Å²) in [5.41, 5.74) is 1.02. The zero-order valence-electron chi connectivity index (χ0n) is 17.6. The molecule has 1 saturated carbocycles. The highest BCUT2D eigenvalue weighted by Crippen LogP contribution is 2.36. The molecule has 4 rings (SSSR count). The van der Waals surface area contributed by atoms with Gasteiger partial charge in [-0.15, -0.1) is 5.10 Å². The highest BCUT2D eigenvalue weighted by molar-refractivity contribution is 7.89. The van der Waals surface area contributed by atoms with Gasteiger partial charge in [0.05, 0.1) is 10.6 Å². The Kier molecular flexibility index (Phi) is 6.07. The fraction of sp³-hybridized carbons (Fsp3) is 0.400. The van der Waals surface area contributed by atoms with Gasteiger partial charge in [0, 0.05) is 18.4 Å². The SMILES string of the molecule is CC(C)n1cnnc1O[C@H]1CC[C@@H](c2cnc(Nc3ccc(S(N)(=O)=O)cc3F)nc2)C1. The fourth-order valence-corrected chi connectivity index (χ4v) is 4.20.